The van der Waals surface area contributed by atoms with Crippen LogP contribution in [-0.2, 0) is 20.6 Å². The molecule has 4 aromatic heterocycles. The largest absolute Gasteiger partial charge is 0.333 e. The molecule has 4 aromatic rings. The third-order valence-corrected chi connectivity index (χ3v) is 4.59. The lowest BCUT2D eigenvalue weighted by Crippen LogP contribution is -2.37. The van der Waals surface area contributed by atoms with Crippen LogP contribution >= 0.6 is 11.3 Å². The molecule has 0 unspecified atom stereocenters. The summed E-state index contributed by atoms with van der Waals surface area (Å²) in [6, 6.07) is 3.79. The molecule has 0 aliphatic heterocycles. The summed E-state index contributed by atoms with van der Waals surface area (Å²) in [6.45, 7) is 0.221. The van der Waals surface area contributed by atoms with Crippen LogP contribution in [0, 0.1) is 0 Å². The summed E-state index contributed by atoms with van der Waals surface area (Å²) in [6.07, 6.45) is 1.49. The molecule has 0 aliphatic carbocycles. The number of thiophene rings is 1. The summed E-state index contributed by atoms with van der Waals surface area (Å²) in [4.78, 5) is 33.7. The van der Waals surface area contributed by atoms with Gasteiger partial charge in [-0.1, -0.05) is 11.2 Å². The summed E-state index contributed by atoms with van der Waals surface area (Å²) in [7, 11) is 3.01. The lowest BCUT2D eigenvalue weighted by Gasteiger charge is -2.04. The van der Waals surface area contributed by atoms with Crippen LogP contribution in [0.4, 0.5) is 0 Å². The van der Waals surface area contributed by atoms with Crippen molar-refractivity contribution in [2.45, 2.75) is 6.54 Å². The maximum Gasteiger partial charge on any atom is 0.332 e. The topological polar surface area (TPSA) is 101 Å². The normalized spacial score (nSPS) is 11.4. The van der Waals surface area contributed by atoms with Crippen LogP contribution in [0.15, 0.2) is 38.0 Å². The molecule has 4 heterocycles. The van der Waals surface area contributed by atoms with Gasteiger partial charge in [-0.05, 0) is 11.4 Å². The molecule has 0 fully saturated rings. The minimum atomic E-state index is -0.419. The van der Waals surface area contributed by atoms with Crippen molar-refractivity contribution >= 4 is 22.5 Å². The molecule has 0 N–H and O–H groups in total. The first kappa shape index (κ1) is 14.6. The van der Waals surface area contributed by atoms with Crippen molar-refractivity contribution in [3.63, 3.8) is 0 Å². The molecule has 0 saturated heterocycles. The van der Waals surface area contributed by atoms with E-state index in [4.69, 9.17) is 4.52 Å². The van der Waals surface area contributed by atoms with E-state index in [-0.39, 0.29) is 6.54 Å². The molecule has 4 rings (SSSR count). The Bertz CT molecular complexity index is 1150. The van der Waals surface area contributed by atoms with Crippen LogP contribution in [0.3, 0.4) is 0 Å². The third-order valence-electron chi connectivity index (χ3n) is 3.73. The van der Waals surface area contributed by atoms with E-state index < -0.39 is 11.2 Å². The molecule has 0 bridgehead atoms. The highest BCUT2D eigenvalue weighted by molar-refractivity contribution is 7.13. The molecule has 0 aliphatic rings. The Kier molecular flexibility index (Phi) is 3.20. The third kappa shape index (κ3) is 2.11. The molecule has 0 amide bonds. The lowest BCUT2D eigenvalue weighted by molar-refractivity contribution is 0.421. The van der Waals surface area contributed by atoms with Crippen molar-refractivity contribution in [2.24, 2.45) is 14.1 Å². The zero-order chi connectivity index (χ0) is 16.8. The number of nitrogens with zero attached hydrogens (tertiary/aromatic N) is 6. The Morgan fingerprint density at radius 3 is 2.83 bits per heavy atom. The minimum absolute atomic E-state index is 0.221. The first-order valence-corrected chi connectivity index (χ1v) is 7.91. The molecule has 9 nitrogen and oxygen atoms in total. The van der Waals surface area contributed by atoms with E-state index in [0.29, 0.717) is 22.9 Å². The molecule has 24 heavy (non-hydrogen) atoms. The SMILES string of the molecule is Cn1c(=O)c2c(ncn2Cc2noc(-c3cccs3)n2)n(C)c1=O. The fourth-order valence-electron chi connectivity index (χ4n) is 2.49. The van der Waals surface area contributed by atoms with Gasteiger partial charge in [-0.3, -0.25) is 13.9 Å². The fourth-order valence-corrected chi connectivity index (χ4v) is 3.13. The van der Waals surface area contributed by atoms with Crippen molar-refractivity contribution in [1.29, 1.82) is 0 Å². The van der Waals surface area contributed by atoms with Gasteiger partial charge in [0.15, 0.2) is 17.0 Å². The predicted molar refractivity (Wildman–Crippen MR) is 86.9 cm³/mol. The van der Waals surface area contributed by atoms with Gasteiger partial charge < -0.3 is 9.09 Å². The van der Waals surface area contributed by atoms with Gasteiger partial charge in [0.1, 0.15) is 0 Å². The van der Waals surface area contributed by atoms with Gasteiger partial charge in [0.2, 0.25) is 0 Å². The van der Waals surface area contributed by atoms with E-state index in [1.165, 1.54) is 29.3 Å². The second-order valence-electron chi connectivity index (χ2n) is 5.24. The van der Waals surface area contributed by atoms with E-state index >= 15 is 0 Å². The second-order valence-corrected chi connectivity index (χ2v) is 6.19. The summed E-state index contributed by atoms with van der Waals surface area (Å²) >= 11 is 1.50. The van der Waals surface area contributed by atoms with Crippen molar-refractivity contribution in [3.05, 3.63) is 50.5 Å². The number of rotatable bonds is 3. The van der Waals surface area contributed by atoms with Crippen LogP contribution in [0.2, 0.25) is 0 Å². The molecule has 0 atom stereocenters. The van der Waals surface area contributed by atoms with Gasteiger partial charge in [0.25, 0.3) is 11.4 Å². The number of imidazole rings is 1. The first-order valence-electron chi connectivity index (χ1n) is 7.03. The minimum Gasteiger partial charge on any atom is -0.333 e. The molecule has 0 saturated carbocycles. The maximum absolute atomic E-state index is 12.4. The zero-order valence-electron chi connectivity index (χ0n) is 12.8. The van der Waals surface area contributed by atoms with Crippen LogP contribution in [-0.4, -0.2) is 28.8 Å². The number of aryl methyl sites for hydroxylation is 1. The van der Waals surface area contributed by atoms with Crippen molar-refractivity contribution in [3.8, 4) is 10.8 Å². The molecular weight excluding hydrogens is 332 g/mol. The van der Waals surface area contributed by atoms with Crippen molar-refractivity contribution in [1.82, 2.24) is 28.8 Å². The van der Waals surface area contributed by atoms with Crippen LogP contribution in [0.25, 0.3) is 21.9 Å². The number of hydrogen-bond acceptors (Lipinski definition) is 7. The quantitative estimate of drug-likeness (QED) is 0.539. The van der Waals surface area contributed by atoms with Gasteiger partial charge >= 0.3 is 5.69 Å². The van der Waals surface area contributed by atoms with Gasteiger partial charge in [0, 0.05) is 14.1 Å². The molecule has 0 aromatic carbocycles. The fraction of sp³-hybridized carbons (Fsp3) is 0.214. The second kappa shape index (κ2) is 5.27. The maximum atomic E-state index is 12.4. The number of fused-ring (bicyclic) bond motifs is 1. The summed E-state index contributed by atoms with van der Waals surface area (Å²) in [5, 5.41) is 5.86. The first-order chi connectivity index (χ1) is 11.6. The summed E-state index contributed by atoms with van der Waals surface area (Å²) in [5.74, 6) is 0.860. The van der Waals surface area contributed by atoms with Crippen molar-refractivity contribution in [2.75, 3.05) is 0 Å². The standard InChI is InChI=1S/C14H12N6O3S/c1-18-11-10(13(21)19(2)14(18)22)20(7-15-11)6-9-16-12(23-17-9)8-4-3-5-24-8/h3-5,7H,6H2,1-2H3. The Balaban J connectivity index is 1.79. The van der Waals surface area contributed by atoms with Gasteiger partial charge in [-0.25, -0.2) is 9.78 Å². The Morgan fingerprint density at radius 2 is 2.08 bits per heavy atom. The summed E-state index contributed by atoms with van der Waals surface area (Å²) < 4.78 is 9.24. The van der Waals surface area contributed by atoms with E-state index in [0.717, 1.165) is 9.44 Å². The Labute approximate surface area is 138 Å². The average molecular weight is 344 g/mol. The van der Waals surface area contributed by atoms with Crippen LogP contribution < -0.4 is 11.2 Å². The average Bonchev–Trinajstić information content (AvgIpc) is 3.31. The highest BCUT2D eigenvalue weighted by atomic mass is 32.1. The smallest absolute Gasteiger partial charge is 0.332 e. The highest BCUT2D eigenvalue weighted by Crippen LogP contribution is 2.22. The Hall–Kier alpha value is -3.01. The van der Waals surface area contributed by atoms with Crippen LogP contribution in [0.1, 0.15) is 5.82 Å². The number of aromatic nitrogens is 6. The van der Waals surface area contributed by atoms with Gasteiger partial charge in [-0.15, -0.1) is 11.3 Å². The Morgan fingerprint density at radius 1 is 1.25 bits per heavy atom. The molecule has 0 spiro atoms. The molecule has 10 heteroatoms. The van der Waals surface area contributed by atoms with Gasteiger partial charge in [-0.2, -0.15) is 4.98 Å². The van der Waals surface area contributed by atoms with Gasteiger partial charge in [0.05, 0.1) is 17.7 Å². The van der Waals surface area contributed by atoms with E-state index in [9.17, 15) is 9.59 Å². The van der Waals surface area contributed by atoms with Crippen molar-refractivity contribution < 1.29 is 4.52 Å². The highest BCUT2D eigenvalue weighted by Gasteiger charge is 2.16. The zero-order valence-corrected chi connectivity index (χ0v) is 13.6. The number of hydrogen-bond donors (Lipinski definition) is 0. The van der Waals surface area contributed by atoms with E-state index in [2.05, 4.69) is 15.1 Å². The molecule has 122 valence electrons. The monoisotopic (exact) mass is 344 g/mol. The molecule has 0 radical (unpaired) electrons. The van der Waals surface area contributed by atoms with E-state index in [1.807, 2.05) is 17.5 Å². The van der Waals surface area contributed by atoms with Crippen LogP contribution in [0.5, 0.6) is 0 Å². The summed E-state index contributed by atoms with van der Waals surface area (Å²) in [5.41, 5.74) is -0.183. The lowest BCUT2D eigenvalue weighted by atomic mass is 10.4. The molecular formula is C14H12N6O3S. The van der Waals surface area contributed by atoms with E-state index in [1.54, 1.807) is 11.6 Å². The predicted octanol–water partition coefficient (Wildman–Crippen LogP) is 0.593.